The second kappa shape index (κ2) is 15.3. The summed E-state index contributed by atoms with van der Waals surface area (Å²) in [6, 6.07) is 17.8. The van der Waals surface area contributed by atoms with Crippen molar-refractivity contribution in [1.82, 2.24) is 5.32 Å². The Labute approximate surface area is 225 Å². The van der Waals surface area contributed by atoms with E-state index in [2.05, 4.69) is 46.9 Å². The minimum Gasteiger partial charge on any atom is -0.543 e. The fraction of sp³-hybridized carbons (Fsp3) is 0.567. The minimum atomic E-state index is -2.06. The van der Waals surface area contributed by atoms with E-state index in [-0.39, 0.29) is 25.3 Å². The predicted molar refractivity (Wildman–Crippen MR) is 153 cm³/mol. The summed E-state index contributed by atoms with van der Waals surface area (Å²) >= 11 is 0. The molecule has 2 rings (SSSR count). The topological polar surface area (TPSA) is 66.0 Å². The van der Waals surface area contributed by atoms with Gasteiger partial charge in [0, 0.05) is 7.11 Å². The van der Waals surface area contributed by atoms with Gasteiger partial charge in [0.2, 0.25) is 5.91 Å². The van der Waals surface area contributed by atoms with Crippen LogP contribution in [-0.4, -0.2) is 47.9 Å². The molecule has 1 amide bonds. The van der Waals surface area contributed by atoms with Crippen molar-refractivity contribution in [1.29, 1.82) is 0 Å². The molecule has 0 spiro atoms. The Morgan fingerprint density at radius 2 is 1.38 bits per heavy atom. The van der Waals surface area contributed by atoms with Gasteiger partial charge in [-0.1, -0.05) is 84.0 Å². The summed E-state index contributed by atoms with van der Waals surface area (Å²) in [5.74, 6) is 0.304. The van der Waals surface area contributed by atoms with Crippen LogP contribution in [0.2, 0.25) is 16.6 Å². The van der Waals surface area contributed by atoms with E-state index < -0.39 is 14.2 Å². The maximum absolute atomic E-state index is 13.4. The van der Waals surface area contributed by atoms with E-state index in [0.29, 0.717) is 29.8 Å². The molecular weight excluding hydrogens is 482 g/mol. The third-order valence-electron chi connectivity index (χ3n) is 7.14. The van der Waals surface area contributed by atoms with Crippen LogP contribution in [0.3, 0.4) is 0 Å². The lowest BCUT2D eigenvalue weighted by atomic mass is 9.98. The van der Waals surface area contributed by atoms with Gasteiger partial charge in [-0.15, -0.1) is 0 Å². The van der Waals surface area contributed by atoms with Gasteiger partial charge in [-0.2, -0.15) is 0 Å². The molecule has 2 aromatic rings. The SMILES string of the molecule is COCCOCOCC(C(=O)NC(C)c1ccccc1)c1ccc(O[Si](C(C)C)(C(C)C)C(C)C)cc1. The highest BCUT2D eigenvalue weighted by Gasteiger charge is 2.47. The second-order valence-corrected chi connectivity index (χ2v) is 15.9. The number of amides is 1. The van der Waals surface area contributed by atoms with Gasteiger partial charge >= 0.3 is 0 Å². The first-order valence-corrected chi connectivity index (χ1v) is 15.6. The normalized spacial score (nSPS) is 13.7. The number of hydrogen-bond donors (Lipinski definition) is 1. The first-order chi connectivity index (χ1) is 17.6. The molecule has 2 unspecified atom stereocenters. The van der Waals surface area contributed by atoms with Crippen molar-refractivity contribution in [3.8, 4) is 5.75 Å². The van der Waals surface area contributed by atoms with Crippen molar-refractivity contribution < 1.29 is 23.4 Å². The first-order valence-electron chi connectivity index (χ1n) is 13.4. The van der Waals surface area contributed by atoms with Gasteiger partial charge < -0.3 is 24.0 Å². The zero-order valence-corrected chi connectivity index (χ0v) is 25.0. The Balaban J connectivity index is 2.20. The maximum atomic E-state index is 13.4. The summed E-state index contributed by atoms with van der Waals surface area (Å²) in [7, 11) is -0.435. The van der Waals surface area contributed by atoms with Crippen molar-refractivity contribution in [3.63, 3.8) is 0 Å². The molecule has 2 atom stereocenters. The van der Waals surface area contributed by atoms with E-state index in [9.17, 15) is 4.79 Å². The predicted octanol–water partition coefficient (Wildman–Crippen LogP) is 6.84. The molecule has 0 saturated carbocycles. The molecule has 0 aliphatic carbocycles. The monoisotopic (exact) mass is 529 g/mol. The van der Waals surface area contributed by atoms with Crippen molar-refractivity contribution in [3.05, 3.63) is 65.7 Å². The molecule has 1 N–H and O–H groups in total. The lowest BCUT2D eigenvalue weighted by molar-refractivity contribution is -0.127. The van der Waals surface area contributed by atoms with E-state index in [1.807, 2.05) is 61.5 Å². The molecule has 0 heterocycles. The molecule has 6 nitrogen and oxygen atoms in total. The molecule has 0 aliphatic heterocycles. The molecule has 0 radical (unpaired) electrons. The highest BCUT2D eigenvalue weighted by molar-refractivity contribution is 6.78. The Hall–Kier alpha value is -2.19. The van der Waals surface area contributed by atoms with Gasteiger partial charge in [-0.05, 0) is 46.8 Å². The fourth-order valence-electron chi connectivity index (χ4n) is 5.21. The largest absolute Gasteiger partial charge is 0.543 e. The van der Waals surface area contributed by atoms with Crippen LogP contribution in [-0.2, 0) is 19.0 Å². The summed E-state index contributed by atoms with van der Waals surface area (Å²) in [6.45, 7) is 16.9. The second-order valence-electron chi connectivity index (χ2n) is 10.6. The summed E-state index contributed by atoms with van der Waals surface area (Å²) in [5, 5.41) is 3.15. The fourth-order valence-corrected chi connectivity index (χ4v) is 10.5. The molecule has 37 heavy (non-hydrogen) atoms. The number of benzene rings is 2. The summed E-state index contributed by atoms with van der Waals surface area (Å²) in [6.07, 6.45) is 0. The van der Waals surface area contributed by atoms with Crippen molar-refractivity contribution in [2.75, 3.05) is 33.7 Å². The molecular formula is C30H47NO5Si. The zero-order chi connectivity index (χ0) is 27.4. The smallest absolute Gasteiger partial charge is 0.258 e. The van der Waals surface area contributed by atoms with Gasteiger partial charge in [0.25, 0.3) is 8.32 Å². The van der Waals surface area contributed by atoms with E-state index in [0.717, 1.165) is 16.9 Å². The lowest BCUT2D eigenvalue weighted by Crippen LogP contribution is -2.50. The van der Waals surface area contributed by atoms with Gasteiger partial charge in [0.05, 0.1) is 31.8 Å². The highest BCUT2D eigenvalue weighted by atomic mass is 28.4. The van der Waals surface area contributed by atoms with Crippen molar-refractivity contribution in [2.24, 2.45) is 0 Å². The van der Waals surface area contributed by atoms with Crippen LogP contribution in [0.1, 0.15) is 71.6 Å². The summed E-state index contributed by atoms with van der Waals surface area (Å²) < 4.78 is 23.0. The quantitative estimate of drug-likeness (QED) is 0.146. The van der Waals surface area contributed by atoms with Gasteiger partial charge in [0.15, 0.2) is 0 Å². The Morgan fingerprint density at radius 1 is 0.784 bits per heavy atom. The summed E-state index contributed by atoms with van der Waals surface area (Å²) in [4.78, 5) is 13.4. The summed E-state index contributed by atoms with van der Waals surface area (Å²) in [5.41, 5.74) is 3.39. The van der Waals surface area contributed by atoms with Crippen LogP contribution in [0.25, 0.3) is 0 Å². The van der Waals surface area contributed by atoms with Crippen molar-refractivity contribution >= 4 is 14.2 Å². The lowest BCUT2D eigenvalue weighted by Gasteiger charge is -2.42. The molecule has 206 valence electrons. The minimum absolute atomic E-state index is 0.0859. The highest BCUT2D eigenvalue weighted by Crippen LogP contribution is 2.42. The molecule has 0 fully saturated rings. The number of carbonyl (C=O) groups is 1. The molecule has 2 aromatic carbocycles. The average Bonchev–Trinajstić information content (AvgIpc) is 2.87. The van der Waals surface area contributed by atoms with Crippen LogP contribution in [0, 0.1) is 0 Å². The van der Waals surface area contributed by atoms with Crippen LogP contribution in [0.15, 0.2) is 54.6 Å². The van der Waals surface area contributed by atoms with E-state index in [1.165, 1.54) is 0 Å². The van der Waals surface area contributed by atoms with Crippen molar-refractivity contribution in [2.45, 2.75) is 77.0 Å². The Morgan fingerprint density at radius 3 is 1.92 bits per heavy atom. The van der Waals surface area contributed by atoms with E-state index in [4.69, 9.17) is 18.6 Å². The molecule has 0 saturated heterocycles. The van der Waals surface area contributed by atoms with Gasteiger partial charge in [0.1, 0.15) is 12.5 Å². The standard InChI is InChI=1S/C30H47NO5Si/c1-22(2)37(23(3)4,24(5)6)36-28-16-14-27(15-17-28)29(20-35-21-34-19-18-33-8)30(32)31-25(7)26-12-10-9-11-13-26/h9-17,22-25,29H,18-21H2,1-8H3,(H,31,32). The van der Waals surface area contributed by atoms with E-state index >= 15 is 0 Å². The molecule has 0 aliphatic rings. The first kappa shape index (κ1) is 31.0. The number of methoxy groups -OCH3 is 1. The van der Waals surface area contributed by atoms with E-state index in [1.54, 1.807) is 7.11 Å². The van der Waals surface area contributed by atoms with Crippen LogP contribution in [0.4, 0.5) is 0 Å². The number of rotatable bonds is 16. The maximum Gasteiger partial charge on any atom is 0.258 e. The Kier molecular flexibility index (Phi) is 12.8. The van der Waals surface area contributed by atoms with Crippen LogP contribution >= 0.6 is 0 Å². The molecule has 0 bridgehead atoms. The molecule has 7 heteroatoms. The third-order valence-corrected chi connectivity index (χ3v) is 13.1. The van der Waals surface area contributed by atoms with Crippen LogP contribution < -0.4 is 9.74 Å². The number of ether oxygens (including phenoxy) is 3. The Bertz CT molecular complexity index is 896. The number of carbonyl (C=O) groups excluding carboxylic acids is 1. The number of nitrogens with one attached hydrogen (secondary N) is 1. The van der Waals surface area contributed by atoms with Gasteiger partial charge in [-0.25, -0.2) is 0 Å². The van der Waals surface area contributed by atoms with Gasteiger partial charge in [-0.3, -0.25) is 4.79 Å². The van der Waals surface area contributed by atoms with Crippen LogP contribution in [0.5, 0.6) is 5.75 Å². The zero-order valence-electron chi connectivity index (χ0n) is 24.0. The average molecular weight is 530 g/mol. The molecule has 0 aromatic heterocycles. The number of hydrogen-bond acceptors (Lipinski definition) is 5. The third kappa shape index (κ3) is 8.67.